The number of hydrogen-bond donors (Lipinski definition) is 2. The Morgan fingerprint density at radius 2 is 2.38 bits per heavy atom. The number of nitrogens with zero attached hydrogens (tertiary/aromatic N) is 2. The van der Waals surface area contributed by atoms with Crippen LogP contribution in [0.3, 0.4) is 0 Å². The molecule has 0 aliphatic rings. The number of nitrogens with one attached hydrogen (secondary N) is 1. The molecule has 88 valence electrons. The van der Waals surface area contributed by atoms with E-state index in [0.717, 1.165) is 0 Å². The van der Waals surface area contributed by atoms with Crippen LogP contribution >= 0.6 is 0 Å². The van der Waals surface area contributed by atoms with Crippen molar-refractivity contribution in [2.24, 2.45) is 0 Å². The van der Waals surface area contributed by atoms with Crippen LogP contribution in [-0.2, 0) is 16.1 Å². The van der Waals surface area contributed by atoms with Crippen LogP contribution in [0.15, 0.2) is 12.5 Å². The van der Waals surface area contributed by atoms with Crippen molar-refractivity contribution < 1.29 is 19.5 Å². The van der Waals surface area contributed by atoms with Crippen LogP contribution in [0.1, 0.15) is 16.1 Å². The fourth-order valence-corrected chi connectivity index (χ4v) is 0.991. The lowest BCUT2D eigenvalue weighted by Gasteiger charge is -2.06. The number of rotatable bonds is 7. The zero-order valence-corrected chi connectivity index (χ0v) is 8.84. The van der Waals surface area contributed by atoms with E-state index in [9.17, 15) is 4.79 Å². The number of ether oxygens (including phenoxy) is 1. The predicted molar refractivity (Wildman–Crippen MR) is 53.7 cm³/mol. The maximum absolute atomic E-state index is 10.8. The summed E-state index contributed by atoms with van der Waals surface area (Å²) < 4.78 is 4.77. The maximum Gasteiger partial charge on any atom is 0.339 e. The number of aromatic nitrogens is 2. The number of carbonyl (C=O) groups is 1. The molecular weight excluding hydrogens is 214 g/mol. The topological polar surface area (TPSA) is 93.6 Å². The lowest BCUT2D eigenvalue weighted by atomic mass is 10.2. The summed E-state index contributed by atoms with van der Waals surface area (Å²) in [6.07, 6.45) is 2.54. The first-order chi connectivity index (χ1) is 7.75. The molecule has 0 radical (unpaired) electrons. The van der Waals surface area contributed by atoms with Crippen molar-refractivity contribution in [3.63, 3.8) is 0 Å². The molecule has 16 heavy (non-hydrogen) atoms. The Hall–Kier alpha value is -1.57. The van der Waals surface area contributed by atoms with Gasteiger partial charge in [0.2, 0.25) is 0 Å². The molecule has 0 saturated heterocycles. The minimum absolute atomic E-state index is 0.0605. The fraction of sp³-hybridized carbons (Fsp3) is 0.444. The lowest BCUT2D eigenvalue weighted by molar-refractivity contribution is 0.00281. The van der Waals surface area contributed by atoms with E-state index >= 15 is 0 Å². The Morgan fingerprint density at radius 3 is 3.06 bits per heavy atom. The van der Waals surface area contributed by atoms with E-state index in [2.05, 4.69) is 15.4 Å². The molecule has 1 rings (SSSR count). The van der Waals surface area contributed by atoms with Gasteiger partial charge in [-0.3, -0.25) is 4.84 Å². The average Bonchev–Trinajstić information content (AvgIpc) is 2.29. The predicted octanol–water partition coefficient (Wildman–Crippen LogP) is -0.158. The molecule has 0 fully saturated rings. The highest BCUT2D eigenvalue weighted by atomic mass is 16.7. The first-order valence-electron chi connectivity index (χ1n) is 4.61. The zero-order valence-electron chi connectivity index (χ0n) is 8.84. The smallest absolute Gasteiger partial charge is 0.339 e. The van der Waals surface area contributed by atoms with E-state index < -0.39 is 5.97 Å². The molecule has 0 atom stereocenters. The Morgan fingerprint density at radius 1 is 1.56 bits per heavy atom. The van der Waals surface area contributed by atoms with E-state index in [4.69, 9.17) is 14.7 Å². The van der Waals surface area contributed by atoms with Crippen LogP contribution in [0.25, 0.3) is 0 Å². The zero-order chi connectivity index (χ0) is 11.8. The van der Waals surface area contributed by atoms with Crippen molar-refractivity contribution in [1.29, 1.82) is 0 Å². The monoisotopic (exact) mass is 227 g/mol. The second-order valence-electron chi connectivity index (χ2n) is 2.85. The third-order valence-corrected chi connectivity index (χ3v) is 1.76. The molecule has 0 aliphatic carbocycles. The number of hydrogen-bond acceptors (Lipinski definition) is 6. The molecule has 7 heteroatoms. The van der Waals surface area contributed by atoms with Crippen LogP contribution in [0.5, 0.6) is 0 Å². The minimum atomic E-state index is -1.06. The van der Waals surface area contributed by atoms with Crippen molar-refractivity contribution in [3.8, 4) is 0 Å². The van der Waals surface area contributed by atoms with Gasteiger partial charge in [-0.25, -0.2) is 14.8 Å². The van der Waals surface area contributed by atoms with Gasteiger partial charge >= 0.3 is 5.97 Å². The summed E-state index contributed by atoms with van der Waals surface area (Å²) in [5, 5.41) is 8.84. The Bertz CT molecular complexity index is 345. The number of hydroxylamine groups is 1. The number of aromatic carboxylic acids is 1. The normalized spacial score (nSPS) is 10.3. The molecule has 0 aromatic carbocycles. The van der Waals surface area contributed by atoms with E-state index in [0.29, 0.717) is 18.9 Å². The van der Waals surface area contributed by atoms with E-state index in [1.165, 1.54) is 12.5 Å². The minimum Gasteiger partial charge on any atom is -0.478 e. The van der Waals surface area contributed by atoms with Crippen molar-refractivity contribution >= 4 is 5.97 Å². The largest absolute Gasteiger partial charge is 0.478 e. The lowest BCUT2D eigenvalue weighted by Crippen LogP contribution is -2.20. The molecule has 0 spiro atoms. The molecule has 0 aliphatic heterocycles. The van der Waals surface area contributed by atoms with Gasteiger partial charge in [0.1, 0.15) is 11.9 Å². The first-order valence-corrected chi connectivity index (χ1v) is 4.61. The molecular formula is C9H13N3O4. The van der Waals surface area contributed by atoms with Crippen molar-refractivity contribution in [1.82, 2.24) is 15.4 Å². The summed E-state index contributed by atoms with van der Waals surface area (Å²) in [7, 11) is 1.57. The number of carboxylic acid groups (broad SMARTS) is 1. The van der Waals surface area contributed by atoms with E-state index in [1.807, 2.05) is 0 Å². The molecule has 0 unspecified atom stereocenters. The third-order valence-electron chi connectivity index (χ3n) is 1.76. The first kappa shape index (κ1) is 12.5. The Labute approximate surface area is 92.4 Å². The van der Waals surface area contributed by atoms with Crippen LogP contribution < -0.4 is 5.48 Å². The van der Waals surface area contributed by atoms with Gasteiger partial charge in [-0.1, -0.05) is 0 Å². The molecule has 2 N–H and O–H groups in total. The molecule has 1 heterocycles. The molecule has 0 bridgehead atoms. The standard InChI is InChI=1S/C9H13N3O4/c1-15-2-3-16-12-5-8-7(9(13)14)4-10-6-11-8/h4,6,12H,2-3,5H2,1H3,(H,13,14). The summed E-state index contributed by atoms with van der Waals surface area (Å²) >= 11 is 0. The summed E-state index contributed by atoms with van der Waals surface area (Å²) in [4.78, 5) is 23.3. The summed E-state index contributed by atoms with van der Waals surface area (Å²) in [6, 6.07) is 0. The van der Waals surface area contributed by atoms with Crippen LogP contribution in [0.2, 0.25) is 0 Å². The van der Waals surface area contributed by atoms with Gasteiger partial charge in [-0.15, -0.1) is 0 Å². The molecule has 1 aromatic rings. The van der Waals surface area contributed by atoms with Crippen LogP contribution in [-0.4, -0.2) is 41.4 Å². The second kappa shape index (κ2) is 6.83. The van der Waals surface area contributed by atoms with Gasteiger partial charge in [0.25, 0.3) is 0 Å². The fourth-order valence-electron chi connectivity index (χ4n) is 0.991. The second-order valence-corrected chi connectivity index (χ2v) is 2.85. The quantitative estimate of drug-likeness (QED) is 0.494. The highest BCUT2D eigenvalue weighted by Gasteiger charge is 2.10. The molecule has 7 nitrogen and oxygen atoms in total. The summed E-state index contributed by atoms with van der Waals surface area (Å²) in [5.41, 5.74) is 3.03. The number of carboxylic acids is 1. The van der Waals surface area contributed by atoms with Crippen LogP contribution in [0, 0.1) is 0 Å². The van der Waals surface area contributed by atoms with Gasteiger partial charge in [0.05, 0.1) is 25.5 Å². The average molecular weight is 227 g/mol. The van der Waals surface area contributed by atoms with Crippen molar-refractivity contribution in [2.45, 2.75) is 6.54 Å². The number of methoxy groups -OCH3 is 1. The highest BCUT2D eigenvalue weighted by Crippen LogP contribution is 2.02. The highest BCUT2D eigenvalue weighted by molar-refractivity contribution is 5.88. The third kappa shape index (κ3) is 3.89. The molecule has 1 aromatic heterocycles. The molecule has 0 amide bonds. The maximum atomic E-state index is 10.8. The Balaban J connectivity index is 2.44. The van der Waals surface area contributed by atoms with Gasteiger partial charge < -0.3 is 9.84 Å². The van der Waals surface area contributed by atoms with E-state index in [1.54, 1.807) is 7.11 Å². The van der Waals surface area contributed by atoms with Gasteiger partial charge in [-0.2, -0.15) is 5.48 Å². The summed E-state index contributed by atoms with van der Waals surface area (Å²) in [6.45, 7) is 1.04. The van der Waals surface area contributed by atoms with Crippen LogP contribution in [0.4, 0.5) is 0 Å². The Kier molecular flexibility index (Phi) is 5.34. The van der Waals surface area contributed by atoms with Gasteiger partial charge in [0.15, 0.2) is 0 Å². The van der Waals surface area contributed by atoms with Gasteiger partial charge in [0, 0.05) is 13.3 Å². The van der Waals surface area contributed by atoms with E-state index in [-0.39, 0.29) is 12.1 Å². The molecule has 0 saturated carbocycles. The SMILES string of the molecule is COCCONCc1ncncc1C(=O)O. The van der Waals surface area contributed by atoms with Gasteiger partial charge in [-0.05, 0) is 0 Å². The van der Waals surface area contributed by atoms with Crippen molar-refractivity contribution in [3.05, 3.63) is 23.8 Å². The summed E-state index contributed by atoms with van der Waals surface area (Å²) in [5.74, 6) is -1.06. The van der Waals surface area contributed by atoms with Crippen molar-refractivity contribution in [2.75, 3.05) is 20.3 Å².